The molecule has 37 heavy (non-hydrogen) atoms. The molecule has 0 heterocycles. The fourth-order valence-electron chi connectivity index (χ4n) is 7.52. The zero-order valence-electron chi connectivity index (χ0n) is 23.3. The Kier molecular flexibility index (Phi) is 6.90. The molecule has 0 aromatic carbocycles. The van der Waals surface area contributed by atoms with E-state index in [0.29, 0.717) is 29.6 Å². The Bertz CT molecular complexity index is 1100. The number of aliphatic hydroxyl groups excluding tert-OH is 1. The Hall–Kier alpha value is -2.25. The lowest BCUT2D eigenvalue weighted by Crippen LogP contribution is -2.63. The second-order valence-electron chi connectivity index (χ2n) is 12.3. The number of hydrogen-bond donors (Lipinski definition) is 2. The molecule has 7 nitrogen and oxygen atoms in total. The highest BCUT2D eigenvalue weighted by molar-refractivity contribution is 6.00. The molecule has 0 amide bonds. The molecule has 9 atom stereocenters. The van der Waals surface area contributed by atoms with Crippen LogP contribution in [0.25, 0.3) is 0 Å². The number of carbonyl (C=O) groups is 3. The van der Waals surface area contributed by atoms with Gasteiger partial charge in [0.2, 0.25) is 0 Å². The Labute approximate surface area is 220 Å². The van der Waals surface area contributed by atoms with E-state index >= 15 is 0 Å². The summed E-state index contributed by atoms with van der Waals surface area (Å²) < 4.78 is 12.5. The number of ether oxygens (including phenoxy) is 2. The highest BCUT2D eigenvalue weighted by atomic mass is 16.6. The van der Waals surface area contributed by atoms with E-state index in [2.05, 4.69) is 0 Å². The number of carbonyl (C=O) groups excluding carboxylic acids is 3. The van der Waals surface area contributed by atoms with Gasteiger partial charge in [-0.1, -0.05) is 52.8 Å². The van der Waals surface area contributed by atoms with Crippen LogP contribution >= 0.6 is 0 Å². The van der Waals surface area contributed by atoms with Gasteiger partial charge in [-0.3, -0.25) is 9.59 Å². The van der Waals surface area contributed by atoms with Crippen LogP contribution in [0.15, 0.2) is 34.9 Å². The summed E-state index contributed by atoms with van der Waals surface area (Å²) in [5, 5.41) is 22.9. The van der Waals surface area contributed by atoms with Crippen molar-refractivity contribution in [1.29, 1.82) is 0 Å². The molecule has 0 spiro atoms. The van der Waals surface area contributed by atoms with Crippen molar-refractivity contribution in [1.82, 2.24) is 0 Å². The SMILES string of the molecule is C/C=C(\C)C(=O)O[C@@H]1[C@@H](C)[C@]2(O)[C@@H]3C=C(C)C(=O)[C@@H]3CC(CO)=C[C@H]2[C@@H]2C(C)(C)[C@]12OC(=O)[C@H](C)CC. The summed E-state index contributed by atoms with van der Waals surface area (Å²) in [4.78, 5) is 39.5. The lowest BCUT2D eigenvalue weighted by molar-refractivity contribution is -0.220. The van der Waals surface area contributed by atoms with Crippen LogP contribution in [0.3, 0.4) is 0 Å². The number of ketones is 1. The van der Waals surface area contributed by atoms with Gasteiger partial charge in [0.15, 0.2) is 11.4 Å². The van der Waals surface area contributed by atoms with Crippen LogP contribution in [0, 0.1) is 40.9 Å². The first-order chi connectivity index (χ1) is 17.2. The van der Waals surface area contributed by atoms with Crippen LogP contribution in [0.4, 0.5) is 0 Å². The van der Waals surface area contributed by atoms with E-state index in [-0.39, 0.29) is 30.2 Å². The lowest BCUT2D eigenvalue weighted by atomic mass is 9.59. The largest absolute Gasteiger partial charge is 0.454 e. The molecule has 4 rings (SSSR count). The van der Waals surface area contributed by atoms with Crippen LogP contribution in [0.5, 0.6) is 0 Å². The predicted molar refractivity (Wildman–Crippen MR) is 138 cm³/mol. The molecule has 0 radical (unpaired) electrons. The van der Waals surface area contributed by atoms with Crippen molar-refractivity contribution in [3.05, 3.63) is 34.9 Å². The lowest BCUT2D eigenvalue weighted by Gasteiger charge is -2.52. The number of rotatable bonds is 6. The molecular formula is C30H42O7. The number of allylic oxidation sites excluding steroid dienone is 2. The zero-order chi connectivity index (χ0) is 27.7. The molecule has 0 unspecified atom stereocenters. The van der Waals surface area contributed by atoms with Gasteiger partial charge in [0.1, 0.15) is 6.10 Å². The minimum Gasteiger partial charge on any atom is -0.454 e. The van der Waals surface area contributed by atoms with Crippen molar-refractivity contribution in [2.75, 3.05) is 6.61 Å². The molecule has 0 saturated heterocycles. The minimum absolute atomic E-state index is 0.0287. The molecular weight excluding hydrogens is 472 g/mol. The van der Waals surface area contributed by atoms with Gasteiger partial charge >= 0.3 is 11.9 Å². The van der Waals surface area contributed by atoms with Gasteiger partial charge in [-0.05, 0) is 44.8 Å². The maximum Gasteiger partial charge on any atom is 0.333 e. The smallest absolute Gasteiger partial charge is 0.333 e. The number of hydrogen-bond acceptors (Lipinski definition) is 7. The van der Waals surface area contributed by atoms with Gasteiger partial charge < -0.3 is 19.7 Å². The quantitative estimate of drug-likeness (QED) is 0.314. The second-order valence-corrected chi connectivity index (χ2v) is 12.3. The number of esters is 2. The molecule has 4 aliphatic carbocycles. The Morgan fingerprint density at radius 3 is 2.46 bits per heavy atom. The third-order valence-electron chi connectivity index (χ3n) is 10.2. The molecule has 2 N–H and O–H groups in total. The molecule has 0 aliphatic heterocycles. The molecule has 0 aromatic rings. The second kappa shape index (κ2) is 9.19. The van der Waals surface area contributed by atoms with Crippen LogP contribution in [0.2, 0.25) is 0 Å². The van der Waals surface area contributed by atoms with Gasteiger partial charge in [0.25, 0.3) is 0 Å². The highest BCUT2D eigenvalue weighted by Crippen LogP contribution is 2.77. The fourth-order valence-corrected chi connectivity index (χ4v) is 7.52. The third-order valence-corrected chi connectivity index (χ3v) is 10.2. The van der Waals surface area contributed by atoms with E-state index < -0.39 is 52.4 Å². The Morgan fingerprint density at radius 2 is 1.89 bits per heavy atom. The summed E-state index contributed by atoms with van der Waals surface area (Å²) in [6, 6.07) is 0. The summed E-state index contributed by atoms with van der Waals surface area (Å²) >= 11 is 0. The van der Waals surface area contributed by atoms with Crippen molar-refractivity contribution >= 4 is 17.7 Å². The van der Waals surface area contributed by atoms with E-state index in [9.17, 15) is 24.6 Å². The van der Waals surface area contributed by atoms with Crippen LogP contribution < -0.4 is 0 Å². The van der Waals surface area contributed by atoms with Gasteiger partial charge in [0.05, 0.1) is 18.1 Å². The Morgan fingerprint density at radius 1 is 1.24 bits per heavy atom. The summed E-state index contributed by atoms with van der Waals surface area (Å²) in [7, 11) is 0. The third kappa shape index (κ3) is 3.71. The number of fused-ring (bicyclic) bond motifs is 5. The van der Waals surface area contributed by atoms with Crippen molar-refractivity contribution in [3.8, 4) is 0 Å². The van der Waals surface area contributed by atoms with Crippen LogP contribution in [-0.4, -0.2) is 51.8 Å². The zero-order valence-corrected chi connectivity index (χ0v) is 23.3. The summed E-state index contributed by atoms with van der Waals surface area (Å²) in [5.74, 6) is -3.79. The first-order valence-electron chi connectivity index (χ1n) is 13.6. The molecule has 2 fully saturated rings. The van der Waals surface area contributed by atoms with Gasteiger partial charge in [-0.25, -0.2) is 4.79 Å². The van der Waals surface area contributed by atoms with E-state index in [1.165, 1.54) is 0 Å². The van der Waals surface area contributed by atoms with E-state index in [0.717, 1.165) is 0 Å². The molecule has 204 valence electrons. The first-order valence-corrected chi connectivity index (χ1v) is 13.6. The summed E-state index contributed by atoms with van der Waals surface area (Å²) in [6.45, 7) is 14.5. The average Bonchev–Trinajstić information content (AvgIpc) is 3.26. The van der Waals surface area contributed by atoms with Crippen molar-refractivity contribution in [2.24, 2.45) is 40.9 Å². The maximum atomic E-state index is 13.2. The highest BCUT2D eigenvalue weighted by Gasteiger charge is 2.87. The number of Topliss-reactive ketones (excluding diaryl/α,β-unsaturated/α-hetero) is 1. The van der Waals surface area contributed by atoms with E-state index in [1.54, 1.807) is 26.8 Å². The molecule has 2 saturated carbocycles. The minimum atomic E-state index is -1.45. The summed E-state index contributed by atoms with van der Waals surface area (Å²) in [5.41, 5.74) is -1.51. The van der Waals surface area contributed by atoms with Gasteiger partial charge in [-0.2, -0.15) is 0 Å². The normalized spacial score (nSPS) is 40.8. The molecule has 0 bridgehead atoms. The average molecular weight is 515 g/mol. The Balaban J connectivity index is 1.92. The van der Waals surface area contributed by atoms with Crippen molar-refractivity contribution in [3.63, 3.8) is 0 Å². The molecule has 0 aromatic heterocycles. The number of aliphatic hydroxyl groups is 2. The fraction of sp³-hybridized carbons (Fsp3) is 0.700. The van der Waals surface area contributed by atoms with Crippen molar-refractivity contribution < 1.29 is 34.1 Å². The summed E-state index contributed by atoms with van der Waals surface area (Å²) in [6.07, 6.45) is 5.47. The van der Waals surface area contributed by atoms with Crippen molar-refractivity contribution in [2.45, 2.75) is 85.5 Å². The monoisotopic (exact) mass is 514 g/mol. The van der Waals surface area contributed by atoms with Crippen LogP contribution in [-0.2, 0) is 23.9 Å². The topological polar surface area (TPSA) is 110 Å². The first kappa shape index (κ1) is 27.8. The predicted octanol–water partition coefficient (Wildman–Crippen LogP) is 3.93. The van der Waals surface area contributed by atoms with E-state index in [1.807, 2.05) is 46.8 Å². The van der Waals surface area contributed by atoms with Gasteiger partial charge in [0, 0.05) is 40.6 Å². The van der Waals surface area contributed by atoms with Gasteiger partial charge in [-0.15, -0.1) is 0 Å². The van der Waals surface area contributed by atoms with E-state index in [4.69, 9.17) is 9.47 Å². The molecule has 7 heteroatoms. The molecule has 4 aliphatic rings. The standard InChI is InChI=1S/C30H42O7/c1-9-15(3)26(33)36-25-18(6)29(35)21-11-17(5)23(32)20(21)12-19(14-31)13-22(29)24-28(7,8)30(24,25)37-27(34)16(4)10-2/h9,11,13,16,18,20-22,24-25,31,35H,10,12,14H2,1-8H3/b15-9+/t16-,18-,20-,21-,22+,24-,25-,29+,30-/m1/s1. The van der Waals surface area contributed by atoms with Crippen LogP contribution in [0.1, 0.15) is 68.2 Å². The maximum absolute atomic E-state index is 13.2.